The molecule has 0 aliphatic heterocycles. The molecule has 4 heteroatoms. The first-order valence-corrected chi connectivity index (χ1v) is 7.55. The van der Waals surface area contributed by atoms with E-state index in [1.165, 1.54) is 5.56 Å². The molecule has 0 radical (unpaired) electrons. The summed E-state index contributed by atoms with van der Waals surface area (Å²) in [5, 5.41) is 6.27. The summed E-state index contributed by atoms with van der Waals surface area (Å²) in [5.74, 6) is 0.0555. The molecule has 1 aromatic rings. The Hall–Kier alpha value is -1.42. The molecule has 1 rings (SSSR count). The van der Waals surface area contributed by atoms with Gasteiger partial charge in [0, 0.05) is 18.8 Å². The zero-order valence-electron chi connectivity index (χ0n) is 13.1. The second-order valence-electron chi connectivity index (χ2n) is 5.26. The van der Waals surface area contributed by atoms with Crippen LogP contribution in [0.25, 0.3) is 0 Å². The van der Waals surface area contributed by atoms with Gasteiger partial charge in [0.25, 0.3) is 0 Å². The van der Waals surface area contributed by atoms with Gasteiger partial charge in [-0.15, -0.1) is 0 Å². The van der Waals surface area contributed by atoms with Crippen LogP contribution in [0.5, 0.6) is 0 Å². The third-order valence-corrected chi connectivity index (χ3v) is 3.44. The van der Waals surface area contributed by atoms with Crippen molar-refractivity contribution < 1.29 is 4.79 Å². The van der Waals surface area contributed by atoms with Gasteiger partial charge < -0.3 is 10.6 Å². The summed E-state index contributed by atoms with van der Waals surface area (Å²) < 4.78 is 0. The number of carbonyl (C=O) groups excluding carboxylic acids is 1. The minimum absolute atomic E-state index is 0.0555. The van der Waals surface area contributed by atoms with Gasteiger partial charge in [-0.1, -0.05) is 26.3 Å². The summed E-state index contributed by atoms with van der Waals surface area (Å²) >= 11 is 0. The quantitative estimate of drug-likeness (QED) is 0.767. The van der Waals surface area contributed by atoms with Gasteiger partial charge in [0.05, 0.1) is 11.7 Å². The van der Waals surface area contributed by atoms with Crippen LogP contribution in [0.4, 0.5) is 0 Å². The van der Waals surface area contributed by atoms with Gasteiger partial charge in [0.15, 0.2) is 0 Å². The van der Waals surface area contributed by atoms with Crippen molar-refractivity contribution in [2.45, 2.75) is 65.6 Å². The SMILES string of the molecule is CCCC(C)NC(=O)C(C)NCc1ncccc1CC. The maximum Gasteiger partial charge on any atom is 0.237 e. The van der Waals surface area contributed by atoms with E-state index in [0.29, 0.717) is 6.54 Å². The highest BCUT2D eigenvalue weighted by molar-refractivity contribution is 5.81. The van der Waals surface area contributed by atoms with Gasteiger partial charge in [-0.05, 0) is 38.3 Å². The van der Waals surface area contributed by atoms with Crippen LogP contribution in [0.1, 0.15) is 51.8 Å². The largest absolute Gasteiger partial charge is 0.352 e. The van der Waals surface area contributed by atoms with Crippen LogP contribution in [0, 0.1) is 0 Å². The van der Waals surface area contributed by atoms with Gasteiger partial charge in [0.2, 0.25) is 5.91 Å². The average Bonchev–Trinajstić information content (AvgIpc) is 2.45. The molecule has 0 aliphatic carbocycles. The molecule has 4 nitrogen and oxygen atoms in total. The third kappa shape index (κ3) is 5.29. The Bertz CT molecular complexity index is 420. The molecular weight excluding hydrogens is 250 g/mol. The Balaban J connectivity index is 2.46. The summed E-state index contributed by atoms with van der Waals surface area (Å²) in [6.07, 6.45) is 4.85. The highest BCUT2D eigenvalue weighted by atomic mass is 16.2. The first-order valence-electron chi connectivity index (χ1n) is 7.55. The number of hydrogen-bond donors (Lipinski definition) is 2. The number of carbonyl (C=O) groups is 1. The Morgan fingerprint density at radius 2 is 2.10 bits per heavy atom. The number of aromatic nitrogens is 1. The van der Waals surface area contributed by atoms with Crippen molar-refractivity contribution >= 4 is 5.91 Å². The van der Waals surface area contributed by atoms with Crippen molar-refractivity contribution in [2.75, 3.05) is 0 Å². The van der Waals surface area contributed by atoms with E-state index in [1.54, 1.807) is 6.20 Å². The van der Waals surface area contributed by atoms with Crippen LogP contribution < -0.4 is 10.6 Å². The van der Waals surface area contributed by atoms with Gasteiger partial charge in [0.1, 0.15) is 0 Å². The maximum absolute atomic E-state index is 12.0. The van der Waals surface area contributed by atoms with Crippen molar-refractivity contribution in [3.63, 3.8) is 0 Å². The summed E-state index contributed by atoms with van der Waals surface area (Å²) in [6.45, 7) is 8.80. The van der Waals surface area contributed by atoms with Crippen molar-refractivity contribution in [1.29, 1.82) is 0 Å². The standard InChI is InChI=1S/C16H27N3O/c1-5-8-12(3)19-16(20)13(4)18-11-15-14(6-2)9-7-10-17-15/h7,9-10,12-13,18H,5-6,8,11H2,1-4H3,(H,19,20). The fourth-order valence-electron chi connectivity index (χ4n) is 2.17. The molecule has 2 unspecified atom stereocenters. The number of nitrogens with one attached hydrogen (secondary N) is 2. The molecule has 0 aromatic carbocycles. The van der Waals surface area contributed by atoms with Gasteiger partial charge >= 0.3 is 0 Å². The normalized spacial score (nSPS) is 13.8. The van der Waals surface area contributed by atoms with Crippen molar-refractivity contribution in [2.24, 2.45) is 0 Å². The molecular formula is C16H27N3O. The lowest BCUT2D eigenvalue weighted by atomic mass is 10.1. The number of nitrogens with zero attached hydrogens (tertiary/aromatic N) is 1. The Kier molecular flexibility index (Phi) is 7.23. The van der Waals surface area contributed by atoms with Crippen LogP contribution in [-0.2, 0) is 17.8 Å². The van der Waals surface area contributed by atoms with Gasteiger partial charge in [-0.3, -0.25) is 9.78 Å². The van der Waals surface area contributed by atoms with E-state index in [2.05, 4.69) is 35.5 Å². The van der Waals surface area contributed by atoms with Crippen LogP contribution in [0.15, 0.2) is 18.3 Å². The lowest BCUT2D eigenvalue weighted by Gasteiger charge is -2.18. The maximum atomic E-state index is 12.0. The summed E-state index contributed by atoms with van der Waals surface area (Å²) in [6, 6.07) is 4.06. The molecule has 0 saturated heterocycles. The zero-order valence-corrected chi connectivity index (χ0v) is 13.1. The lowest BCUT2D eigenvalue weighted by Crippen LogP contribution is -2.45. The second kappa shape index (κ2) is 8.69. The zero-order chi connectivity index (χ0) is 15.0. The van der Waals surface area contributed by atoms with Gasteiger partial charge in [-0.2, -0.15) is 0 Å². The van der Waals surface area contributed by atoms with E-state index in [4.69, 9.17) is 0 Å². The Morgan fingerprint density at radius 1 is 1.35 bits per heavy atom. The number of aryl methyl sites for hydroxylation is 1. The van der Waals surface area contributed by atoms with E-state index in [0.717, 1.165) is 25.0 Å². The monoisotopic (exact) mass is 277 g/mol. The van der Waals surface area contributed by atoms with E-state index >= 15 is 0 Å². The van der Waals surface area contributed by atoms with Crippen molar-refractivity contribution in [3.05, 3.63) is 29.6 Å². The molecule has 0 spiro atoms. The molecule has 2 N–H and O–H groups in total. The first-order chi connectivity index (χ1) is 9.58. The van der Waals surface area contributed by atoms with Crippen molar-refractivity contribution in [3.8, 4) is 0 Å². The molecule has 1 heterocycles. The topological polar surface area (TPSA) is 54.0 Å². The van der Waals surface area contributed by atoms with E-state index in [9.17, 15) is 4.79 Å². The summed E-state index contributed by atoms with van der Waals surface area (Å²) in [4.78, 5) is 16.4. The fraction of sp³-hybridized carbons (Fsp3) is 0.625. The predicted molar refractivity (Wildman–Crippen MR) is 82.4 cm³/mol. The number of amides is 1. The minimum atomic E-state index is -0.207. The number of hydrogen-bond acceptors (Lipinski definition) is 3. The summed E-state index contributed by atoms with van der Waals surface area (Å²) in [5.41, 5.74) is 2.25. The minimum Gasteiger partial charge on any atom is -0.352 e. The molecule has 0 saturated carbocycles. The first kappa shape index (κ1) is 16.6. The number of pyridine rings is 1. The fourth-order valence-corrected chi connectivity index (χ4v) is 2.17. The Labute approximate surface area is 122 Å². The molecule has 20 heavy (non-hydrogen) atoms. The molecule has 2 atom stereocenters. The highest BCUT2D eigenvalue weighted by Gasteiger charge is 2.14. The molecule has 1 aromatic heterocycles. The lowest BCUT2D eigenvalue weighted by molar-refractivity contribution is -0.123. The van der Waals surface area contributed by atoms with Crippen LogP contribution >= 0.6 is 0 Å². The third-order valence-electron chi connectivity index (χ3n) is 3.44. The molecule has 0 aliphatic rings. The molecule has 0 fully saturated rings. The summed E-state index contributed by atoms with van der Waals surface area (Å²) in [7, 11) is 0. The van der Waals surface area contributed by atoms with E-state index < -0.39 is 0 Å². The van der Waals surface area contributed by atoms with Gasteiger partial charge in [-0.25, -0.2) is 0 Å². The van der Waals surface area contributed by atoms with Crippen LogP contribution in [-0.4, -0.2) is 23.0 Å². The highest BCUT2D eigenvalue weighted by Crippen LogP contribution is 2.06. The molecule has 112 valence electrons. The van der Waals surface area contributed by atoms with Crippen molar-refractivity contribution in [1.82, 2.24) is 15.6 Å². The van der Waals surface area contributed by atoms with E-state index in [-0.39, 0.29) is 18.0 Å². The predicted octanol–water partition coefficient (Wildman–Crippen LogP) is 2.43. The second-order valence-corrected chi connectivity index (χ2v) is 5.26. The number of rotatable bonds is 8. The molecule has 0 bridgehead atoms. The van der Waals surface area contributed by atoms with Crippen LogP contribution in [0.3, 0.4) is 0 Å². The average molecular weight is 277 g/mol. The van der Waals surface area contributed by atoms with Crippen LogP contribution in [0.2, 0.25) is 0 Å². The smallest absolute Gasteiger partial charge is 0.237 e. The molecule has 1 amide bonds. The van der Waals surface area contributed by atoms with E-state index in [1.807, 2.05) is 19.9 Å². The Morgan fingerprint density at radius 3 is 2.75 bits per heavy atom.